The zero-order valence-electron chi connectivity index (χ0n) is 14.2. The number of cyclic esters (lactones) is 2. The summed E-state index contributed by atoms with van der Waals surface area (Å²) in [5.74, 6) is -0.264. The first-order chi connectivity index (χ1) is 10.2. The molecule has 22 heavy (non-hydrogen) atoms. The van der Waals surface area contributed by atoms with E-state index < -0.39 is 6.16 Å². The highest BCUT2D eigenvalue weighted by Gasteiger charge is 2.19. The van der Waals surface area contributed by atoms with Crippen LogP contribution in [0.5, 0.6) is 0 Å². The summed E-state index contributed by atoms with van der Waals surface area (Å²) in [5.41, 5.74) is 0. The smallest absolute Gasteiger partial charge is 0.460 e. The molecule has 1 fully saturated rings. The predicted molar refractivity (Wildman–Crippen MR) is 78.6 cm³/mol. The number of hydrogen-bond donors (Lipinski definition) is 1. The van der Waals surface area contributed by atoms with E-state index in [9.17, 15) is 9.59 Å². The van der Waals surface area contributed by atoms with Crippen molar-refractivity contribution in [1.82, 2.24) is 0 Å². The maximum Gasteiger partial charge on any atom is 0.508 e. The van der Waals surface area contributed by atoms with Crippen LogP contribution in [0.3, 0.4) is 0 Å². The van der Waals surface area contributed by atoms with Gasteiger partial charge in [-0.2, -0.15) is 0 Å². The van der Waals surface area contributed by atoms with Crippen LogP contribution in [0.25, 0.3) is 0 Å². The summed E-state index contributed by atoms with van der Waals surface area (Å²) < 4.78 is 22.9. The summed E-state index contributed by atoms with van der Waals surface area (Å²) in [5, 5.41) is 8.43. The van der Waals surface area contributed by atoms with Gasteiger partial charge in [0.15, 0.2) is 0 Å². The Hall–Kier alpha value is -1.38. The van der Waals surface area contributed by atoms with Gasteiger partial charge in [-0.15, -0.1) is 0 Å². The topological polar surface area (TPSA) is 101 Å². The van der Waals surface area contributed by atoms with Crippen molar-refractivity contribution in [3.63, 3.8) is 0 Å². The number of carbonyl (C=O) groups is 2. The maximum atomic E-state index is 10.3. The number of methoxy groups -OCH3 is 2. The van der Waals surface area contributed by atoms with Crippen LogP contribution in [0.4, 0.5) is 4.79 Å². The van der Waals surface area contributed by atoms with Crippen LogP contribution in [0.15, 0.2) is 0 Å². The Bertz CT molecular complexity index is 293. The van der Waals surface area contributed by atoms with E-state index in [1.807, 2.05) is 0 Å². The van der Waals surface area contributed by atoms with Crippen LogP contribution in [-0.4, -0.2) is 69.6 Å². The third kappa shape index (κ3) is 18.6. The van der Waals surface area contributed by atoms with Crippen LogP contribution in [0.2, 0.25) is 0 Å². The molecule has 1 aliphatic rings. The average molecular weight is 324 g/mol. The molecule has 1 aliphatic heterocycles. The van der Waals surface area contributed by atoms with E-state index in [1.54, 1.807) is 35.0 Å². The molecular formula is C14H28O8. The third-order valence-electron chi connectivity index (χ3n) is 1.91. The van der Waals surface area contributed by atoms with Gasteiger partial charge in [-0.3, -0.25) is 4.79 Å². The first-order valence-corrected chi connectivity index (χ1v) is 6.89. The lowest BCUT2D eigenvalue weighted by Crippen LogP contribution is -2.17. The van der Waals surface area contributed by atoms with Crippen molar-refractivity contribution in [3.05, 3.63) is 0 Å². The Morgan fingerprint density at radius 3 is 2.05 bits per heavy atom. The highest BCUT2D eigenvalue weighted by molar-refractivity contribution is 5.66. The number of hydrogen-bond acceptors (Lipinski definition) is 8. The number of esters is 1. The molecule has 0 amide bonds. The Labute approximate surface area is 131 Å². The summed E-state index contributed by atoms with van der Waals surface area (Å²) >= 11 is 0. The number of rotatable bonds is 5. The Morgan fingerprint density at radius 1 is 1.32 bits per heavy atom. The molecule has 8 nitrogen and oxygen atoms in total. The second-order valence-electron chi connectivity index (χ2n) is 4.67. The lowest BCUT2D eigenvalue weighted by Gasteiger charge is -2.08. The van der Waals surface area contributed by atoms with Gasteiger partial charge in [0, 0.05) is 21.1 Å². The molecule has 0 aromatic rings. The molecule has 0 radical (unpaired) electrons. The molecule has 0 bridgehead atoms. The highest BCUT2D eigenvalue weighted by atomic mass is 16.8. The number of aliphatic hydroxyl groups excluding tert-OH is 1. The SMILES string of the molecule is CC1COC(=O)O1.COCC(C)O.COCC(C)OC(C)=O. The van der Waals surface area contributed by atoms with Crippen molar-refractivity contribution >= 4 is 12.1 Å². The summed E-state index contributed by atoms with van der Waals surface area (Å²) in [7, 11) is 3.13. The minimum Gasteiger partial charge on any atom is -0.460 e. The number of ether oxygens (including phenoxy) is 5. The van der Waals surface area contributed by atoms with E-state index in [1.165, 1.54) is 6.92 Å². The largest absolute Gasteiger partial charge is 0.508 e. The van der Waals surface area contributed by atoms with Gasteiger partial charge >= 0.3 is 12.1 Å². The Morgan fingerprint density at radius 2 is 1.86 bits per heavy atom. The molecule has 1 heterocycles. The fourth-order valence-electron chi connectivity index (χ4n) is 1.21. The molecule has 3 atom stereocenters. The second-order valence-corrected chi connectivity index (χ2v) is 4.67. The van der Waals surface area contributed by atoms with Crippen molar-refractivity contribution in [2.75, 3.05) is 34.0 Å². The lowest BCUT2D eigenvalue weighted by atomic mass is 10.4. The zero-order valence-corrected chi connectivity index (χ0v) is 14.2. The fraction of sp³-hybridized carbons (Fsp3) is 0.857. The standard InChI is InChI=1S/C6H12O3.C4H6O3.C4H10O2/c1-5(4-8-3)9-6(2)7;1-3-2-6-4(5)7-3;1-4(5)3-6-2/h5H,4H2,1-3H3;3H,2H2,1H3;4-5H,3H2,1-2H3. The molecule has 0 spiro atoms. The Balaban J connectivity index is 0. The molecule has 3 unspecified atom stereocenters. The van der Waals surface area contributed by atoms with Crippen molar-refractivity contribution in [2.45, 2.75) is 46.0 Å². The van der Waals surface area contributed by atoms with Gasteiger partial charge in [-0.05, 0) is 20.8 Å². The minimum atomic E-state index is -0.549. The summed E-state index contributed by atoms with van der Waals surface area (Å²) in [4.78, 5) is 20.3. The van der Waals surface area contributed by atoms with E-state index in [-0.39, 0.29) is 24.3 Å². The highest BCUT2D eigenvalue weighted by Crippen LogP contribution is 2.02. The van der Waals surface area contributed by atoms with Crippen molar-refractivity contribution in [3.8, 4) is 0 Å². The lowest BCUT2D eigenvalue weighted by molar-refractivity contribution is -0.147. The normalized spacial score (nSPS) is 18.5. The van der Waals surface area contributed by atoms with Crippen molar-refractivity contribution in [2.24, 2.45) is 0 Å². The molecule has 8 heteroatoms. The third-order valence-corrected chi connectivity index (χ3v) is 1.91. The molecule has 1 saturated heterocycles. The molecule has 0 aromatic carbocycles. The van der Waals surface area contributed by atoms with Gasteiger partial charge in [0.1, 0.15) is 18.8 Å². The summed E-state index contributed by atoms with van der Waals surface area (Å²) in [6.45, 7) is 7.92. The average Bonchev–Trinajstić information content (AvgIpc) is 2.73. The molecule has 1 rings (SSSR count). The first kappa shape index (κ1) is 22.9. The quantitative estimate of drug-likeness (QED) is 0.751. The fourth-order valence-corrected chi connectivity index (χ4v) is 1.21. The molecule has 0 saturated carbocycles. The first-order valence-electron chi connectivity index (χ1n) is 6.89. The van der Waals surface area contributed by atoms with E-state index in [0.29, 0.717) is 19.8 Å². The van der Waals surface area contributed by atoms with Crippen molar-refractivity contribution in [1.29, 1.82) is 0 Å². The minimum absolute atomic E-state index is 0.0486. The van der Waals surface area contributed by atoms with Gasteiger partial charge in [-0.25, -0.2) is 4.79 Å². The van der Waals surface area contributed by atoms with Crippen LogP contribution < -0.4 is 0 Å². The number of carbonyl (C=O) groups excluding carboxylic acids is 2. The molecule has 132 valence electrons. The molecule has 0 aromatic heterocycles. The molecule has 0 aliphatic carbocycles. The van der Waals surface area contributed by atoms with Gasteiger partial charge in [0.2, 0.25) is 0 Å². The van der Waals surface area contributed by atoms with E-state index in [0.717, 1.165) is 0 Å². The Kier molecular flexibility index (Phi) is 15.1. The van der Waals surface area contributed by atoms with Crippen LogP contribution in [-0.2, 0) is 28.5 Å². The van der Waals surface area contributed by atoms with Gasteiger partial charge in [0.05, 0.1) is 19.3 Å². The van der Waals surface area contributed by atoms with Gasteiger partial charge < -0.3 is 28.8 Å². The van der Waals surface area contributed by atoms with E-state index >= 15 is 0 Å². The summed E-state index contributed by atoms with van der Waals surface area (Å²) in [6.07, 6.45) is -1.05. The number of aliphatic hydroxyl groups is 1. The second kappa shape index (κ2) is 14.6. The van der Waals surface area contributed by atoms with Crippen LogP contribution in [0, 0.1) is 0 Å². The van der Waals surface area contributed by atoms with E-state index in [2.05, 4.69) is 14.2 Å². The molecule has 1 N–H and O–H groups in total. The van der Waals surface area contributed by atoms with Gasteiger partial charge in [0.25, 0.3) is 0 Å². The van der Waals surface area contributed by atoms with Crippen LogP contribution >= 0.6 is 0 Å². The predicted octanol–water partition coefficient (Wildman–Crippen LogP) is 1.14. The molecular weight excluding hydrogens is 296 g/mol. The van der Waals surface area contributed by atoms with E-state index in [4.69, 9.17) is 14.6 Å². The maximum absolute atomic E-state index is 10.3. The summed E-state index contributed by atoms with van der Waals surface area (Å²) in [6, 6.07) is 0. The monoisotopic (exact) mass is 324 g/mol. The zero-order chi connectivity index (χ0) is 17.5. The van der Waals surface area contributed by atoms with Gasteiger partial charge in [-0.1, -0.05) is 0 Å². The van der Waals surface area contributed by atoms with Crippen molar-refractivity contribution < 1.29 is 38.4 Å². The van der Waals surface area contributed by atoms with Crippen LogP contribution in [0.1, 0.15) is 27.7 Å².